The molecule has 0 unspecified atom stereocenters. The summed E-state index contributed by atoms with van der Waals surface area (Å²) in [6.45, 7) is 7.19. The third-order valence-corrected chi connectivity index (χ3v) is 9.74. The fraction of sp³-hybridized carbons (Fsp3) is 0.920. The van der Waals surface area contributed by atoms with Crippen molar-refractivity contribution in [1.29, 1.82) is 0 Å². The Hall–Kier alpha value is -0.520. The Labute approximate surface area is 166 Å². The minimum Gasteiger partial charge on any atom is -0.389 e. The van der Waals surface area contributed by atoms with E-state index in [1.54, 1.807) is 0 Å². The highest BCUT2D eigenvalue weighted by atomic mass is 16.5. The normalized spacial score (nSPS) is 51.5. The van der Waals surface area contributed by atoms with Gasteiger partial charge in [-0.25, -0.2) is 0 Å². The highest BCUT2D eigenvalue weighted by molar-refractivity contribution is 5.12. The van der Waals surface area contributed by atoms with Gasteiger partial charge < -0.3 is 9.84 Å². The van der Waals surface area contributed by atoms with E-state index < -0.39 is 5.60 Å². The van der Waals surface area contributed by atoms with Gasteiger partial charge in [0.25, 0.3) is 0 Å². The molecule has 0 spiro atoms. The van der Waals surface area contributed by atoms with Gasteiger partial charge in [0.05, 0.1) is 11.7 Å². The molecule has 0 heterocycles. The summed E-state index contributed by atoms with van der Waals surface area (Å²) < 4.78 is 5.92. The zero-order valence-electron chi connectivity index (χ0n) is 18.0. The van der Waals surface area contributed by atoms with Gasteiger partial charge in [-0.15, -0.1) is 11.8 Å². The van der Waals surface area contributed by atoms with Crippen LogP contribution < -0.4 is 0 Å². The molecule has 0 aromatic rings. The predicted molar refractivity (Wildman–Crippen MR) is 110 cm³/mol. The van der Waals surface area contributed by atoms with Crippen LogP contribution in [0.3, 0.4) is 0 Å². The van der Waals surface area contributed by atoms with Crippen molar-refractivity contribution in [3.05, 3.63) is 0 Å². The number of hydrogen-bond acceptors (Lipinski definition) is 2. The van der Waals surface area contributed by atoms with Crippen LogP contribution in [0.4, 0.5) is 0 Å². The van der Waals surface area contributed by atoms with Crippen LogP contribution in [-0.2, 0) is 4.74 Å². The molecule has 1 N–H and O–H groups in total. The summed E-state index contributed by atoms with van der Waals surface area (Å²) in [4.78, 5) is 0. The smallest absolute Gasteiger partial charge is 0.0759 e. The van der Waals surface area contributed by atoms with E-state index in [0.29, 0.717) is 29.3 Å². The number of ether oxygens (including phenoxy) is 1. The second-order valence-corrected chi connectivity index (χ2v) is 10.8. The van der Waals surface area contributed by atoms with E-state index in [0.717, 1.165) is 37.0 Å². The molecule has 2 heteroatoms. The predicted octanol–water partition coefficient (Wildman–Crippen LogP) is 5.58. The summed E-state index contributed by atoms with van der Waals surface area (Å²) in [6, 6.07) is 0. The molecule has 0 bridgehead atoms. The lowest BCUT2D eigenvalue weighted by Crippen LogP contribution is -2.56. The van der Waals surface area contributed by atoms with Crippen molar-refractivity contribution in [1.82, 2.24) is 0 Å². The molecular weight excluding hydrogens is 332 g/mol. The standard InChI is InChI=1S/C25H40O2/c1-5-6-7-13-25(26)16-15-23(2)18(17-25)8-9-19-20-10-11-22(27-4)24(20,3)14-12-21(19)23/h18-22,26H,5,8-17H2,1-4H3/t18-,19+,20+,21+,22+,23+,24+,25-/m1/s1. The lowest BCUT2D eigenvalue weighted by molar-refractivity contribution is -0.155. The zero-order chi connectivity index (χ0) is 19.3. The fourth-order valence-electron chi connectivity index (χ4n) is 8.17. The van der Waals surface area contributed by atoms with Crippen LogP contribution in [0.15, 0.2) is 0 Å². The molecule has 8 atom stereocenters. The Morgan fingerprint density at radius 1 is 0.926 bits per heavy atom. The average molecular weight is 373 g/mol. The molecule has 4 aliphatic rings. The molecule has 4 fully saturated rings. The Morgan fingerprint density at radius 3 is 2.44 bits per heavy atom. The first kappa shape index (κ1) is 19.8. The number of methoxy groups -OCH3 is 1. The summed E-state index contributed by atoms with van der Waals surface area (Å²) in [5.41, 5.74) is 0.306. The lowest BCUT2D eigenvalue weighted by Gasteiger charge is -2.62. The molecule has 0 radical (unpaired) electrons. The molecule has 2 nitrogen and oxygen atoms in total. The van der Waals surface area contributed by atoms with Crippen LogP contribution in [-0.4, -0.2) is 23.9 Å². The van der Waals surface area contributed by atoms with Crippen molar-refractivity contribution in [2.75, 3.05) is 7.11 Å². The van der Waals surface area contributed by atoms with Gasteiger partial charge in [0.15, 0.2) is 0 Å². The van der Waals surface area contributed by atoms with E-state index in [9.17, 15) is 5.11 Å². The number of fused-ring (bicyclic) bond motifs is 5. The van der Waals surface area contributed by atoms with Gasteiger partial charge in [0, 0.05) is 20.0 Å². The molecule has 0 aromatic heterocycles. The number of rotatable bonds is 2. The molecule has 4 aliphatic carbocycles. The van der Waals surface area contributed by atoms with Gasteiger partial charge in [-0.3, -0.25) is 0 Å². The Kier molecular flexibility index (Phi) is 5.18. The van der Waals surface area contributed by atoms with Crippen molar-refractivity contribution in [3.8, 4) is 11.8 Å². The minimum atomic E-state index is -0.531. The maximum Gasteiger partial charge on any atom is 0.0759 e. The maximum absolute atomic E-state index is 11.2. The van der Waals surface area contributed by atoms with Crippen molar-refractivity contribution in [2.45, 2.75) is 103 Å². The summed E-state index contributed by atoms with van der Waals surface area (Å²) in [5, 5.41) is 11.2. The van der Waals surface area contributed by atoms with Crippen LogP contribution >= 0.6 is 0 Å². The molecule has 0 aliphatic heterocycles. The monoisotopic (exact) mass is 372 g/mol. The van der Waals surface area contributed by atoms with Crippen molar-refractivity contribution in [3.63, 3.8) is 0 Å². The van der Waals surface area contributed by atoms with Crippen LogP contribution in [0.5, 0.6) is 0 Å². The highest BCUT2D eigenvalue weighted by Gasteiger charge is 2.61. The zero-order valence-corrected chi connectivity index (χ0v) is 18.0. The van der Waals surface area contributed by atoms with Crippen molar-refractivity contribution < 1.29 is 9.84 Å². The van der Waals surface area contributed by atoms with Crippen LogP contribution in [0.1, 0.15) is 91.4 Å². The summed E-state index contributed by atoms with van der Waals surface area (Å²) >= 11 is 0. The lowest BCUT2D eigenvalue weighted by atomic mass is 9.44. The van der Waals surface area contributed by atoms with Crippen LogP contribution in [0.2, 0.25) is 0 Å². The number of hydrogen-bond donors (Lipinski definition) is 1. The number of aliphatic hydroxyl groups is 1. The Balaban J connectivity index is 1.52. The molecule has 4 saturated carbocycles. The SMILES string of the molecule is CCC#CC[C@@]1(O)CC[C@@]2(C)[C@H](CC[C@@H]3[C@@H]2CC[C@]2(C)[C@@H](OC)CC[C@@H]32)C1. The quantitative estimate of drug-likeness (QED) is 0.641. The highest BCUT2D eigenvalue weighted by Crippen LogP contribution is 2.67. The second-order valence-electron chi connectivity index (χ2n) is 10.8. The maximum atomic E-state index is 11.2. The average Bonchev–Trinajstić information content (AvgIpc) is 2.99. The first-order valence-corrected chi connectivity index (χ1v) is 11.6. The van der Waals surface area contributed by atoms with Gasteiger partial charge in [-0.05, 0) is 92.3 Å². The van der Waals surface area contributed by atoms with Gasteiger partial charge in [-0.1, -0.05) is 20.8 Å². The first-order chi connectivity index (χ1) is 12.9. The summed E-state index contributed by atoms with van der Waals surface area (Å²) in [5.74, 6) is 9.69. The van der Waals surface area contributed by atoms with Gasteiger partial charge >= 0.3 is 0 Å². The van der Waals surface area contributed by atoms with E-state index >= 15 is 0 Å². The van der Waals surface area contributed by atoms with E-state index in [4.69, 9.17) is 4.74 Å². The molecular formula is C25H40O2. The molecule has 0 aromatic carbocycles. The van der Waals surface area contributed by atoms with Gasteiger partial charge in [-0.2, -0.15) is 0 Å². The molecule has 152 valence electrons. The van der Waals surface area contributed by atoms with E-state index in [2.05, 4.69) is 32.6 Å². The summed E-state index contributed by atoms with van der Waals surface area (Å²) in [7, 11) is 1.92. The third-order valence-electron chi connectivity index (χ3n) is 9.74. The second kappa shape index (κ2) is 7.07. The van der Waals surface area contributed by atoms with E-state index in [1.165, 1.54) is 44.9 Å². The van der Waals surface area contributed by atoms with E-state index in [-0.39, 0.29) is 0 Å². The molecule has 0 saturated heterocycles. The molecule has 0 amide bonds. The largest absolute Gasteiger partial charge is 0.389 e. The van der Waals surface area contributed by atoms with Crippen LogP contribution in [0, 0.1) is 46.3 Å². The minimum absolute atomic E-state index is 0.407. The Morgan fingerprint density at radius 2 is 1.70 bits per heavy atom. The first-order valence-electron chi connectivity index (χ1n) is 11.6. The summed E-state index contributed by atoms with van der Waals surface area (Å²) in [6.07, 6.45) is 13.2. The fourth-order valence-corrected chi connectivity index (χ4v) is 8.17. The van der Waals surface area contributed by atoms with Gasteiger partial charge in [0.1, 0.15) is 0 Å². The molecule has 27 heavy (non-hydrogen) atoms. The third kappa shape index (κ3) is 3.08. The Bertz CT molecular complexity index is 618. The van der Waals surface area contributed by atoms with E-state index in [1.807, 2.05) is 7.11 Å². The van der Waals surface area contributed by atoms with Gasteiger partial charge in [0.2, 0.25) is 0 Å². The van der Waals surface area contributed by atoms with Crippen molar-refractivity contribution in [2.24, 2.45) is 34.5 Å². The topological polar surface area (TPSA) is 29.5 Å². The van der Waals surface area contributed by atoms with Crippen LogP contribution in [0.25, 0.3) is 0 Å². The van der Waals surface area contributed by atoms with Crippen molar-refractivity contribution >= 4 is 0 Å². The molecule has 4 rings (SSSR count).